The molecule has 0 radical (unpaired) electrons. The molecule has 5 aromatic rings. The second-order valence-corrected chi connectivity index (χ2v) is 14.8. The predicted octanol–water partition coefficient (Wildman–Crippen LogP) is 6.95. The van der Waals surface area contributed by atoms with Crippen LogP contribution >= 0.6 is 0 Å². The summed E-state index contributed by atoms with van der Waals surface area (Å²) < 4.78 is 45.7. The molecular formula is C44H43F2N5O6. The quantitative estimate of drug-likeness (QED) is 0.179. The third-order valence-electron chi connectivity index (χ3n) is 11.4. The van der Waals surface area contributed by atoms with Crippen molar-refractivity contribution in [1.82, 2.24) is 19.3 Å². The van der Waals surface area contributed by atoms with Gasteiger partial charge in [-0.05, 0) is 84.6 Å². The van der Waals surface area contributed by atoms with Crippen molar-refractivity contribution in [3.63, 3.8) is 0 Å². The first kappa shape index (κ1) is 37.9. The fourth-order valence-electron chi connectivity index (χ4n) is 8.06. The van der Waals surface area contributed by atoms with Crippen molar-refractivity contribution in [3.05, 3.63) is 136 Å². The molecule has 3 aliphatic heterocycles. The van der Waals surface area contributed by atoms with Gasteiger partial charge in [0, 0.05) is 80.1 Å². The minimum absolute atomic E-state index is 0.0552. The van der Waals surface area contributed by atoms with Crippen LogP contribution in [-0.2, 0) is 37.3 Å². The van der Waals surface area contributed by atoms with E-state index in [1.807, 2.05) is 23.1 Å². The predicted molar refractivity (Wildman–Crippen MR) is 209 cm³/mol. The number of amides is 3. The second-order valence-electron chi connectivity index (χ2n) is 14.8. The Kier molecular flexibility index (Phi) is 10.0. The Hall–Kier alpha value is -6.05. The summed E-state index contributed by atoms with van der Waals surface area (Å²) in [5.74, 6) is -0.537. The van der Waals surface area contributed by atoms with E-state index in [1.54, 1.807) is 62.0 Å². The molecular weight excluding hydrogens is 733 g/mol. The van der Waals surface area contributed by atoms with E-state index < -0.39 is 24.2 Å². The number of nitrogens with zero attached hydrogens (tertiary/aromatic N) is 5. The average Bonchev–Trinajstić information content (AvgIpc) is 3.67. The monoisotopic (exact) mass is 775 g/mol. The van der Waals surface area contributed by atoms with Gasteiger partial charge in [0.05, 0.1) is 25.3 Å². The zero-order valence-electron chi connectivity index (χ0n) is 32.0. The molecule has 57 heavy (non-hydrogen) atoms. The Labute approximate surface area is 329 Å². The van der Waals surface area contributed by atoms with E-state index in [1.165, 1.54) is 41.3 Å². The first-order chi connectivity index (χ1) is 27.4. The molecule has 1 fully saturated rings. The highest BCUT2D eigenvalue weighted by molar-refractivity contribution is 6.08. The Morgan fingerprint density at radius 2 is 1.56 bits per heavy atom. The third-order valence-corrected chi connectivity index (χ3v) is 11.4. The van der Waals surface area contributed by atoms with Gasteiger partial charge in [-0.25, -0.2) is 9.69 Å². The molecule has 11 nitrogen and oxygen atoms in total. The lowest BCUT2D eigenvalue weighted by Crippen LogP contribution is -2.52. The van der Waals surface area contributed by atoms with Crippen LogP contribution in [0.5, 0.6) is 11.5 Å². The van der Waals surface area contributed by atoms with Gasteiger partial charge < -0.3 is 28.9 Å². The normalized spacial score (nSPS) is 17.5. The van der Waals surface area contributed by atoms with Crippen molar-refractivity contribution in [2.45, 2.75) is 38.5 Å². The molecule has 0 spiro atoms. The Bertz CT molecular complexity index is 2340. The standard InChI is InChI=1S/C44H43F2N5O6/c1-28-36(41(53)48(3)32-13-15-34(52)16-14-32)24-40(47(28)2)37-23-39-31(26-51(44(39,45)46)43(55)57-35-11-5-4-6-12-35)22-38(37)42(54)50-25-30-10-8-7-9-29(30)21-33(50)27-49-17-19-56-20-18-49/h4-16,22-24,33,52H,17-21,25-27H2,1-3H3/t33-/m0/s1. The topological polar surface area (TPSA) is 108 Å². The number of alkyl halides is 2. The molecule has 294 valence electrons. The molecule has 0 saturated carbocycles. The highest BCUT2D eigenvalue weighted by atomic mass is 19.3. The molecule has 1 N–H and O–H groups in total. The highest BCUT2D eigenvalue weighted by Crippen LogP contribution is 2.46. The van der Waals surface area contributed by atoms with Gasteiger partial charge in [-0.2, -0.15) is 8.78 Å². The molecule has 8 rings (SSSR count). The molecule has 0 aliphatic carbocycles. The van der Waals surface area contributed by atoms with Gasteiger partial charge >= 0.3 is 12.1 Å². The van der Waals surface area contributed by atoms with Crippen LogP contribution in [-0.4, -0.2) is 88.2 Å². The molecule has 3 amide bonds. The summed E-state index contributed by atoms with van der Waals surface area (Å²) >= 11 is 0. The van der Waals surface area contributed by atoms with Gasteiger partial charge in [0.2, 0.25) is 0 Å². The molecule has 13 heteroatoms. The van der Waals surface area contributed by atoms with Crippen molar-refractivity contribution < 1.29 is 37.7 Å². The van der Waals surface area contributed by atoms with E-state index in [0.29, 0.717) is 60.3 Å². The maximum absolute atomic E-state index is 16.5. The summed E-state index contributed by atoms with van der Waals surface area (Å²) in [5, 5.41) is 9.81. The van der Waals surface area contributed by atoms with Crippen LogP contribution in [0.2, 0.25) is 0 Å². The maximum Gasteiger partial charge on any atom is 0.420 e. The van der Waals surface area contributed by atoms with Crippen LogP contribution in [0.15, 0.2) is 97.1 Å². The molecule has 0 unspecified atom stereocenters. The molecule has 0 bridgehead atoms. The van der Waals surface area contributed by atoms with E-state index in [-0.39, 0.29) is 46.0 Å². The summed E-state index contributed by atoms with van der Waals surface area (Å²) in [6.07, 6.45) is -0.614. The summed E-state index contributed by atoms with van der Waals surface area (Å²) in [4.78, 5) is 48.5. The number of para-hydroxylation sites is 1. The number of anilines is 1. The first-order valence-electron chi connectivity index (χ1n) is 18.9. The molecule has 1 aromatic heterocycles. The zero-order chi connectivity index (χ0) is 40.0. The molecule has 4 heterocycles. The van der Waals surface area contributed by atoms with Crippen LogP contribution in [0.1, 0.15) is 48.7 Å². The number of hydrogen-bond donors (Lipinski definition) is 1. The van der Waals surface area contributed by atoms with Crippen LogP contribution in [0, 0.1) is 6.92 Å². The highest BCUT2D eigenvalue weighted by Gasteiger charge is 2.51. The number of phenols is 1. The minimum Gasteiger partial charge on any atom is -0.508 e. The van der Waals surface area contributed by atoms with Crippen molar-refractivity contribution >= 4 is 23.6 Å². The summed E-state index contributed by atoms with van der Waals surface area (Å²) in [5.41, 5.74) is 4.01. The molecule has 1 saturated heterocycles. The number of aromatic nitrogens is 1. The van der Waals surface area contributed by atoms with Crippen molar-refractivity contribution in [2.24, 2.45) is 7.05 Å². The van der Waals surface area contributed by atoms with Crippen LogP contribution in [0.3, 0.4) is 0 Å². The SMILES string of the molecule is Cc1c(C(=O)N(C)c2ccc(O)cc2)cc(-c2cc3c(cc2C(=O)N2Cc4ccccc4C[C@H]2CN2CCOCC2)CN(C(=O)Oc2ccccc2)C3(F)F)n1C. The van der Waals surface area contributed by atoms with E-state index in [9.17, 15) is 14.7 Å². The summed E-state index contributed by atoms with van der Waals surface area (Å²) in [6, 6.07) is 22.6. The number of phenolic OH excluding ortho intramolecular Hbond substituents is 1. The van der Waals surface area contributed by atoms with Crippen LogP contribution in [0.4, 0.5) is 19.3 Å². The number of hydrogen-bond acceptors (Lipinski definition) is 7. The number of fused-ring (bicyclic) bond motifs is 2. The van der Waals surface area contributed by atoms with Gasteiger partial charge in [-0.3, -0.25) is 14.5 Å². The number of benzene rings is 4. The Balaban J connectivity index is 1.23. The fourth-order valence-corrected chi connectivity index (χ4v) is 8.06. The van der Waals surface area contributed by atoms with Gasteiger partial charge in [-0.1, -0.05) is 42.5 Å². The molecule has 4 aromatic carbocycles. The largest absolute Gasteiger partial charge is 0.508 e. The smallest absolute Gasteiger partial charge is 0.420 e. The van der Waals surface area contributed by atoms with Crippen molar-refractivity contribution in [2.75, 3.05) is 44.8 Å². The number of ether oxygens (including phenoxy) is 2. The second kappa shape index (κ2) is 15.1. The number of halogens is 2. The first-order valence-corrected chi connectivity index (χ1v) is 18.9. The number of rotatable bonds is 7. The van der Waals surface area contributed by atoms with Gasteiger partial charge in [0.25, 0.3) is 11.8 Å². The van der Waals surface area contributed by atoms with Crippen LogP contribution < -0.4 is 9.64 Å². The number of carbonyl (C=O) groups excluding carboxylic acids is 3. The van der Waals surface area contributed by atoms with Gasteiger partial charge in [0.1, 0.15) is 11.5 Å². The molecule has 1 atom stereocenters. The van der Waals surface area contributed by atoms with E-state index in [4.69, 9.17) is 9.47 Å². The molecule has 3 aliphatic rings. The maximum atomic E-state index is 16.5. The van der Waals surface area contributed by atoms with Gasteiger partial charge in [-0.15, -0.1) is 0 Å². The Morgan fingerprint density at radius 1 is 0.877 bits per heavy atom. The fraction of sp³-hybridized carbons (Fsp3) is 0.295. The summed E-state index contributed by atoms with van der Waals surface area (Å²) in [6.45, 7) is 4.84. The minimum atomic E-state index is -3.78. The van der Waals surface area contributed by atoms with E-state index >= 15 is 13.6 Å². The van der Waals surface area contributed by atoms with E-state index in [0.717, 1.165) is 24.2 Å². The van der Waals surface area contributed by atoms with Gasteiger partial charge in [0.15, 0.2) is 0 Å². The summed E-state index contributed by atoms with van der Waals surface area (Å²) in [7, 11) is 3.33. The number of aromatic hydroxyl groups is 1. The van der Waals surface area contributed by atoms with Crippen molar-refractivity contribution in [1.29, 1.82) is 0 Å². The number of carbonyl (C=O) groups is 3. The lowest BCUT2D eigenvalue weighted by Gasteiger charge is -2.40. The van der Waals surface area contributed by atoms with Crippen molar-refractivity contribution in [3.8, 4) is 22.8 Å². The lowest BCUT2D eigenvalue weighted by molar-refractivity contribution is -0.124. The number of morpholine rings is 1. The average molecular weight is 776 g/mol. The Morgan fingerprint density at radius 3 is 2.28 bits per heavy atom. The van der Waals surface area contributed by atoms with E-state index in [2.05, 4.69) is 11.0 Å². The zero-order valence-corrected chi connectivity index (χ0v) is 32.0. The van der Waals surface area contributed by atoms with Crippen LogP contribution in [0.25, 0.3) is 11.3 Å². The third kappa shape index (κ3) is 7.13. The lowest BCUT2D eigenvalue weighted by atomic mass is 9.91.